The van der Waals surface area contributed by atoms with Crippen LogP contribution >= 0.6 is 0 Å². The second-order valence-corrected chi connectivity index (χ2v) is 6.63. The first kappa shape index (κ1) is 20.0. The molecule has 4 rings (SSSR count). The summed E-state index contributed by atoms with van der Waals surface area (Å²) in [7, 11) is 0. The number of pyridine rings is 1. The third kappa shape index (κ3) is 3.67. The molecule has 0 amide bonds. The van der Waals surface area contributed by atoms with Crippen LogP contribution in [0.5, 0.6) is 11.5 Å². The maximum absolute atomic E-state index is 12.1. The smallest absolute Gasteiger partial charge is 0.270 e. The molecule has 0 bridgehead atoms. The molecule has 0 atom stereocenters. The van der Waals surface area contributed by atoms with Gasteiger partial charge in [-0.1, -0.05) is 0 Å². The second-order valence-electron chi connectivity index (χ2n) is 6.63. The Balaban J connectivity index is 1.90. The van der Waals surface area contributed by atoms with E-state index in [4.69, 9.17) is 9.47 Å². The summed E-state index contributed by atoms with van der Waals surface area (Å²) >= 11 is 0. The molecule has 0 unspecified atom stereocenters. The molecular weight excluding hydrogens is 398 g/mol. The molecule has 0 aliphatic carbocycles. The topological polar surface area (TPSA) is 133 Å². The summed E-state index contributed by atoms with van der Waals surface area (Å²) in [6.07, 6.45) is 1.47. The Morgan fingerprint density at radius 3 is 2.32 bits per heavy atom. The third-order valence-corrected chi connectivity index (χ3v) is 4.72. The van der Waals surface area contributed by atoms with E-state index in [2.05, 4.69) is 26.6 Å². The van der Waals surface area contributed by atoms with Crippen molar-refractivity contribution in [1.82, 2.24) is 15.2 Å². The Kier molecular flexibility index (Phi) is 5.28. The van der Waals surface area contributed by atoms with Gasteiger partial charge < -0.3 is 14.8 Å². The average Bonchev–Trinajstić information content (AvgIpc) is 2.77. The highest BCUT2D eigenvalue weighted by atomic mass is 16.5. The predicted octanol–water partition coefficient (Wildman–Crippen LogP) is 3.18. The maximum atomic E-state index is 12.1. The molecule has 0 saturated carbocycles. The van der Waals surface area contributed by atoms with Crippen LogP contribution in [0.2, 0.25) is 0 Å². The summed E-state index contributed by atoms with van der Waals surface area (Å²) in [5.41, 5.74) is 1.18. The summed E-state index contributed by atoms with van der Waals surface area (Å²) in [6, 6.07) is 10.5. The summed E-state index contributed by atoms with van der Waals surface area (Å²) in [5, 5.41) is 18.6. The molecule has 156 valence electrons. The van der Waals surface area contributed by atoms with Crippen molar-refractivity contribution in [2.24, 2.45) is 0 Å². The first-order chi connectivity index (χ1) is 15.0. The van der Waals surface area contributed by atoms with Gasteiger partial charge in [-0.15, -0.1) is 0 Å². The van der Waals surface area contributed by atoms with E-state index in [-0.39, 0.29) is 10.8 Å². The first-order valence-corrected chi connectivity index (χ1v) is 9.69. The van der Waals surface area contributed by atoms with E-state index in [1.54, 1.807) is 30.3 Å². The van der Waals surface area contributed by atoms with E-state index < -0.39 is 11.1 Å². The minimum absolute atomic E-state index is 0.235. The zero-order valence-electron chi connectivity index (χ0n) is 16.9. The number of hydrogen-bond donors (Lipinski definition) is 3. The number of aromatic nitrogens is 3. The van der Waals surface area contributed by atoms with Crippen molar-refractivity contribution in [2.45, 2.75) is 13.8 Å². The van der Waals surface area contributed by atoms with Crippen LogP contribution < -0.4 is 25.9 Å². The Morgan fingerprint density at radius 2 is 1.65 bits per heavy atom. The molecule has 4 aromatic rings. The molecule has 2 heterocycles. The van der Waals surface area contributed by atoms with Crippen LogP contribution in [0.25, 0.3) is 21.7 Å². The van der Waals surface area contributed by atoms with Crippen LogP contribution in [0.1, 0.15) is 19.4 Å². The van der Waals surface area contributed by atoms with Gasteiger partial charge in [0.1, 0.15) is 6.07 Å². The van der Waals surface area contributed by atoms with Gasteiger partial charge in [0.15, 0.2) is 11.5 Å². The number of nitriles is 1. The summed E-state index contributed by atoms with van der Waals surface area (Å²) < 4.78 is 11.4. The summed E-state index contributed by atoms with van der Waals surface area (Å²) in [5.74, 6) is 1.11. The molecule has 0 spiro atoms. The molecular formula is C22H19N5O4. The van der Waals surface area contributed by atoms with Crippen LogP contribution in [-0.4, -0.2) is 28.4 Å². The lowest BCUT2D eigenvalue weighted by molar-refractivity contribution is 0.288. The average molecular weight is 417 g/mol. The lowest BCUT2D eigenvalue weighted by Gasteiger charge is -2.15. The molecule has 2 aromatic heterocycles. The molecule has 2 aromatic carbocycles. The van der Waals surface area contributed by atoms with Crippen LogP contribution in [0.3, 0.4) is 0 Å². The molecule has 3 N–H and O–H groups in total. The van der Waals surface area contributed by atoms with E-state index >= 15 is 0 Å². The molecule has 9 heteroatoms. The fourth-order valence-corrected chi connectivity index (χ4v) is 3.36. The predicted molar refractivity (Wildman–Crippen MR) is 117 cm³/mol. The van der Waals surface area contributed by atoms with Gasteiger partial charge >= 0.3 is 0 Å². The zero-order valence-corrected chi connectivity index (χ0v) is 16.9. The van der Waals surface area contributed by atoms with E-state index in [1.165, 1.54) is 6.20 Å². The maximum Gasteiger partial charge on any atom is 0.270 e. The Morgan fingerprint density at radius 1 is 0.968 bits per heavy atom. The van der Waals surface area contributed by atoms with Crippen molar-refractivity contribution in [3.8, 4) is 17.6 Å². The van der Waals surface area contributed by atoms with Crippen molar-refractivity contribution in [2.75, 3.05) is 18.5 Å². The van der Waals surface area contributed by atoms with Crippen LogP contribution in [0.15, 0.2) is 46.1 Å². The highest BCUT2D eigenvalue weighted by Crippen LogP contribution is 2.37. The number of aromatic amines is 2. The van der Waals surface area contributed by atoms with Crippen LogP contribution in [0.4, 0.5) is 11.4 Å². The highest BCUT2D eigenvalue weighted by Gasteiger charge is 2.15. The number of anilines is 2. The van der Waals surface area contributed by atoms with E-state index in [1.807, 2.05) is 13.8 Å². The number of rotatable bonds is 6. The molecule has 0 radical (unpaired) electrons. The van der Waals surface area contributed by atoms with E-state index in [0.717, 1.165) is 0 Å². The van der Waals surface area contributed by atoms with Gasteiger partial charge in [0, 0.05) is 23.3 Å². The van der Waals surface area contributed by atoms with Gasteiger partial charge in [-0.2, -0.15) is 5.26 Å². The fourth-order valence-electron chi connectivity index (χ4n) is 3.36. The minimum Gasteiger partial charge on any atom is -0.490 e. The third-order valence-electron chi connectivity index (χ3n) is 4.72. The fraction of sp³-hybridized carbons (Fsp3) is 0.182. The summed E-state index contributed by atoms with van der Waals surface area (Å²) in [6.45, 7) is 4.67. The van der Waals surface area contributed by atoms with Crippen molar-refractivity contribution < 1.29 is 9.47 Å². The van der Waals surface area contributed by atoms with Crippen molar-refractivity contribution in [3.05, 3.63) is 62.8 Å². The second kappa shape index (κ2) is 8.20. The van der Waals surface area contributed by atoms with E-state index in [9.17, 15) is 14.9 Å². The van der Waals surface area contributed by atoms with Crippen molar-refractivity contribution in [3.63, 3.8) is 0 Å². The van der Waals surface area contributed by atoms with Gasteiger partial charge in [-0.05, 0) is 38.1 Å². The molecule has 0 aliphatic rings. The van der Waals surface area contributed by atoms with E-state index in [0.29, 0.717) is 52.6 Å². The lowest BCUT2D eigenvalue weighted by Crippen LogP contribution is -2.18. The number of nitrogens with zero attached hydrogens (tertiary/aromatic N) is 2. The molecule has 31 heavy (non-hydrogen) atoms. The first-order valence-electron chi connectivity index (χ1n) is 9.69. The Bertz CT molecular complexity index is 1450. The summed E-state index contributed by atoms with van der Waals surface area (Å²) in [4.78, 5) is 28.5. The number of benzene rings is 2. The SMILES string of the molecule is CCOc1cc2ncc(C#N)c(Nc3ccc4c(=O)[nH][nH]c(=O)c4c3)c2cc1OCC. The molecule has 9 nitrogen and oxygen atoms in total. The number of hydrogen-bond acceptors (Lipinski definition) is 7. The Hall–Kier alpha value is -4.32. The van der Waals surface area contributed by atoms with Crippen LogP contribution in [-0.2, 0) is 0 Å². The number of fused-ring (bicyclic) bond motifs is 2. The number of H-pyrrole nitrogens is 2. The van der Waals surface area contributed by atoms with Gasteiger partial charge in [0.2, 0.25) is 0 Å². The van der Waals surface area contributed by atoms with Gasteiger partial charge in [0.25, 0.3) is 11.1 Å². The van der Waals surface area contributed by atoms with Gasteiger partial charge in [0.05, 0.1) is 40.8 Å². The van der Waals surface area contributed by atoms with Crippen molar-refractivity contribution >= 4 is 33.1 Å². The number of ether oxygens (including phenoxy) is 2. The highest BCUT2D eigenvalue weighted by molar-refractivity contribution is 5.98. The minimum atomic E-state index is -0.418. The normalized spacial score (nSPS) is 10.7. The standard InChI is InChI=1S/C22H19N5O4/c1-3-30-18-8-16-17(9-19(18)31-4-2)24-11-12(10-23)20(16)25-13-5-6-14-15(7-13)22(29)27-26-21(14)28/h5-9,11H,3-4H2,1-2H3,(H,24,25)(H,26,28)(H,27,29). The lowest BCUT2D eigenvalue weighted by atomic mass is 10.1. The van der Waals surface area contributed by atoms with Gasteiger partial charge in [-0.3, -0.25) is 24.8 Å². The largest absolute Gasteiger partial charge is 0.490 e. The zero-order chi connectivity index (χ0) is 22.0. The number of nitrogens with one attached hydrogen (secondary N) is 3. The Labute approximate surface area is 176 Å². The molecule has 0 fully saturated rings. The molecule has 0 saturated heterocycles. The van der Waals surface area contributed by atoms with Crippen LogP contribution in [0, 0.1) is 11.3 Å². The van der Waals surface area contributed by atoms with Gasteiger partial charge in [-0.25, -0.2) is 0 Å². The quantitative estimate of drug-likeness (QED) is 0.439. The molecule has 0 aliphatic heterocycles. The monoisotopic (exact) mass is 417 g/mol. The van der Waals surface area contributed by atoms with Crippen molar-refractivity contribution in [1.29, 1.82) is 5.26 Å².